The van der Waals surface area contributed by atoms with Gasteiger partial charge in [0.15, 0.2) is 0 Å². The highest BCUT2D eigenvalue weighted by Gasteiger charge is 2.20. The lowest BCUT2D eigenvalue weighted by Crippen LogP contribution is -2.09. The van der Waals surface area contributed by atoms with Crippen molar-refractivity contribution in [3.8, 4) is 0 Å². The third-order valence-corrected chi connectivity index (χ3v) is 3.35. The summed E-state index contributed by atoms with van der Waals surface area (Å²) in [6, 6.07) is 20.0. The average Bonchev–Trinajstić information content (AvgIpc) is 2.45. The highest BCUT2D eigenvalue weighted by Crippen LogP contribution is 2.25. The van der Waals surface area contributed by atoms with E-state index in [0.717, 1.165) is 12.0 Å². The van der Waals surface area contributed by atoms with Crippen molar-refractivity contribution in [2.45, 2.75) is 12.3 Å². The molecule has 0 amide bonds. The molecule has 0 aromatic heterocycles. The standard InChI is InChI=1S/C15H15O3P.ClH/c16-19(17)18-12-15(14-9-5-2-6-10-14)11-13-7-3-1-4-8-13;/h1-10,15H,11-12H2;1H/p+1. The predicted molar refractivity (Wildman–Crippen MR) is 82.4 cm³/mol. The summed E-state index contributed by atoms with van der Waals surface area (Å²) in [6.45, 7) is 0.241. The molecule has 2 atom stereocenters. The van der Waals surface area contributed by atoms with Gasteiger partial charge in [-0.1, -0.05) is 60.7 Å². The van der Waals surface area contributed by atoms with Crippen LogP contribution in [0.1, 0.15) is 17.0 Å². The third kappa shape index (κ3) is 5.40. The summed E-state index contributed by atoms with van der Waals surface area (Å²) in [5.74, 6) is 0.0784. The fourth-order valence-electron chi connectivity index (χ4n) is 2.05. The van der Waals surface area contributed by atoms with Crippen LogP contribution in [0.3, 0.4) is 0 Å². The van der Waals surface area contributed by atoms with Crippen molar-refractivity contribution in [1.82, 2.24) is 0 Å². The minimum Gasteiger partial charge on any atom is -0.147 e. The number of rotatable bonds is 6. The van der Waals surface area contributed by atoms with Gasteiger partial charge in [0.05, 0.1) is 0 Å². The molecule has 0 bridgehead atoms. The highest BCUT2D eigenvalue weighted by atomic mass is 35.5. The predicted octanol–water partition coefficient (Wildman–Crippen LogP) is 4.10. The van der Waals surface area contributed by atoms with E-state index >= 15 is 0 Å². The first kappa shape index (κ1) is 16.8. The lowest BCUT2D eigenvalue weighted by Gasteiger charge is -2.14. The van der Waals surface area contributed by atoms with Gasteiger partial charge in [0.2, 0.25) is 0 Å². The molecule has 0 aliphatic carbocycles. The van der Waals surface area contributed by atoms with E-state index in [-0.39, 0.29) is 24.9 Å². The Morgan fingerprint density at radius 2 is 1.55 bits per heavy atom. The summed E-state index contributed by atoms with van der Waals surface area (Å²) in [4.78, 5) is 8.80. The van der Waals surface area contributed by atoms with Gasteiger partial charge < -0.3 is 0 Å². The molecule has 20 heavy (non-hydrogen) atoms. The summed E-state index contributed by atoms with van der Waals surface area (Å²) < 4.78 is 15.6. The van der Waals surface area contributed by atoms with E-state index in [4.69, 9.17) is 9.42 Å². The molecule has 0 spiro atoms. The minimum atomic E-state index is -2.55. The summed E-state index contributed by atoms with van der Waals surface area (Å²) in [7, 11) is -2.55. The smallest absolute Gasteiger partial charge is 0.147 e. The summed E-state index contributed by atoms with van der Waals surface area (Å²) in [5.41, 5.74) is 2.30. The van der Waals surface area contributed by atoms with Crippen LogP contribution in [-0.2, 0) is 15.5 Å². The molecule has 0 aliphatic heterocycles. The quantitative estimate of drug-likeness (QED) is 0.817. The second-order valence-electron chi connectivity index (χ2n) is 4.33. The maximum atomic E-state index is 10.7. The lowest BCUT2D eigenvalue weighted by atomic mass is 9.93. The van der Waals surface area contributed by atoms with Crippen LogP contribution >= 0.6 is 20.7 Å². The molecule has 0 fully saturated rings. The molecule has 106 valence electrons. The van der Waals surface area contributed by atoms with Crippen molar-refractivity contribution >= 4 is 20.7 Å². The van der Waals surface area contributed by atoms with Gasteiger partial charge in [0.25, 0.3) is 0 Å². The van der Waals surface area contributed by atoms with Crippen LogP contribution in [0.5, 0.6) is 0 Å². The van der Waals surface area contributed by atoms with Gasteiger partial charge in [-0.15, -0.1) is 21.8 Å². The molecular formula is C15H17ClO3P+. The monoisotopic (exact) mass is 311 g/mol. The molecule has 0 radical (unpaired) electrons. The molecule has 2 unspecified atom stereocenters. The van der Waals surface area contributed by atoms with Crippen LogP contribution in [0, 0.1) is 0 Å². The Hall–Kier alpha value is -1.25. The summed E-state index contributed by atoms with van der Waals surface area (Å²) in [6.07, 6.45) is 0.786. The minimum absolute atomic E-state index is 0. The van der Waals surface area contributed by atoms with Crippen LogP contribution in [-0.4, -0.2) is 11.5 Å². The third-order valence-electron chi connectivity index (χ3n) is 2.98. The zero-order chi connectivity index (χ0) is 13.5. The van der Waals surface area contributed by atoms with Gasteiger partial charge in [-0.2, -0.15) is 0 Å². The van der Waals surface area contributed by atoms with E-state index in [1.54, 1.807) is 0 Å². The van der Waals surface area contributed by atoms with Crippen molar-refractivity contribution in [3.05, 3.63) is 71.8 Å². The van der Waals surface area contributed by atoms with Gasteiger partial charge in [0.1, 0.15) is 6.61 Å². The van der Waals surface area contributed by atoms with Crippen molar-refractivity contribution in [2.75, 3.05) is 6.61 Å². The molecule has 2 aromatic rings. The molecular weight excluding hydrogens is 295 g/mol. The highest BCUT2D eigenvalue weighted by molar-refractivity contribution is 7.32. The maximum absolute atomic E-state index is 10.7. The second-order valence-corrected chi connectivity index (χ2v) is 5.06. The number of benzene rings is 2. The van der Waals surface area contributed by atoms with Crippen LogP contribution < -0.4 is 0 Å². The molecule has 1 N–H and O–H groups in total. The topological polar surface area (TPSA) is 46.5 Å². The van der Waals surface area contributed by atoms with Crippen LogP contribution in [0.15, 0.2) is 60.7 Å². The first-order chi connectivity index (χ1) is 9.25. The SMILES string of the molecule is Cl.O=[P+](O)OCC(Cc1ccccc1)c1ccccc1. The van der Waals surface area contributed by atoms with E-state index in [1.165, 1.54) is 5.56 Å². The molecule has 2 rings (SSSR count). The molecule has 0 heterocycles. The zero-order valence-electron chi connectivity index (χ0n) is 10.9. The van der Waals surface area contributed by atoms with Gasteiger partial charge in [-0.3, -0.25) is 0 Å². The van der Waals surface area contributed by atoms with Crippen molar-refractivity contribution in [3.63, 3.8) is 0 Å². The summed E-state index contributed by atoms with van der Waals surface area (Å²) in [5, 5.41) is 0. The Morgan fingerprint density at radius 3 is 2.10 bits per heavy atom. The van der Waals surface area contributed by atoms with Gasteiger partial charge in [0, 0.05) is 10.5 Å². The van der Waals surface area contributed by atoms with Crippen LogP contribution in [0.25, 0.3) is 0 Å². The Balaban J connectivity index is 0.00000200. The van der Waals surface area contributed by atoms with E-state index in [1.807, 2.05) is 48.5 Å². The largest absolute Gasteiger partial charge is 0.694 e. The maximum Gasteiger partial charge on any atom is 0.694 e. The molecule has 0 saturated heterocycles. The van der Waals surface area contributed by atoms with E-state index in [0.29, 0.717) is 0 Å². The van der Waals surface area contributed by atoms with E-state index in [9.17, 15) is 4.57 Å². The fourth-order valence-corrected chi connectivity index (χ4v) is 2.36. The Kier molecular flexibility index (Phi) is 7.42. The number of halogens is 1. The molecule has 0 aliphatic rings. The Bertz CT molecular complexity index is 519. The molecule has 0 saturated carbocycles. The van der Waals surface area contributed by atoms with E-state index in [2.05, 4.69) is 12.1 Å². The first-order valence-corrected chi connectivity index (χ1v) is 7.26. The Morgan fingerprint density at radius 1 is 1.00 bits per heavy atom. The molecule has 3 nitrogen and oxygen atoms in total. The van der Waals surface area contributed by atoms with Crippen LogP contribution in [0.4, 0.5) is 0 Å². The summed E-state index contributed by atoms with van der Waals surface area (Å²) >= 11 is 0. The number of hydrogen-bond acceptors (Lipinski definition) is 2. The van der Waals surface area contributed by atoms with Gasteiger partial charge in [-0.25, -0.2) is 0 Å². The molecule has 2 aromatic carbocycles. The van der Waals surface area contributed by atoms with E-state index < -0.39 is 8.25 Å². The average molecular weight is 312 g/mol. The van der Waals surface area contributed by atoms with Gasteiger partial charge in [-0.05, 0) is 17.5 Å². The van der Waals surface area contributed by atoms with Gasteiger partial charge >= 0.3 is 8.25 Å². The Labute approximate surface area is 126 Å². The normalized spacial score (nSPS) is 12.3. The van der Waals surface area contributed by atoms with Crippen molar-refractivity contribution in [1.29, 1.82) is 0 Å². The lowest BCUT2D eigenvalue weighted by molar-refractivity contribution is 0.260. The molecule has 5 heteroatoms. The second kappa shape index (κ2) is 8.83. The van der Waals surface area contributed by atoms with Crippen molar-refractivity contribution in [2.24, 2.45) is 0 Å². The fraction of sp³-hybridized carbons (Fsp3) is 0.200. The van der Waals surface area contributed by atoms with Crippen LogP contribution in [0.2, 0.25) is 0 Å². The zero-order valence-corrected chi connectivity index (χ0v) is 12.6. The van der Waals surface area contributed by atoms with Crippen molar-refractivity contribution < 1.29 is 14.0 Å². The first-order valence-electron chi connectivity index (χ1n) is 6.13. The number of hydrogen-bond donors (Lipinski definition) is 1.